The van der Waals surface area contributed by atoms with Crippen LogP contribution in [0.4, 0.5) is 0 Å². The monoisotopic (exact) mass is 412 g/mol. The molecule has 0 saturated carbocycles. The first-order valence-corrected chi connectivity index (χ1v) is 12.9. The Balaban J connectivity index is 1.95. The normalized spacial score (nSPS) is 11.7. The fraction of sp³-hybridized carbons (Fsp3) is 0.739. The summed E-state index contributed by atoms with van der Waals surface area (Å²) < 4.78 is 15.8. The molecule has 0 atom stereocenters. The van der Waals surface area contributed by atoms with E-state index in [9.17, 15) is 4.57 Å². The molecular formula is C23H41O4P. The Morgan fingerprint density at radius 3 is 1.61 bits per heavy atom. The number of hydrogen-bond donors (Lipinski definition) is 2. The Hall–Kier alpha value is -0.830. The molecule has 4 nitrogen and oxygen atoms in total. The maximum absolute atomic E-state index is 11.0. The molecule has 0 heterocycles. The Morgan fingerprint density at radius 2 is 1.14 bits per heavy atom. The fourth-order valence-electron chi connectivity index (χ4n) is 3.61. The van der Waals surface area contributed by atoms with Crippen LogP contribution in [0.25, 0.3) is 0 Å². The van der Waals surface area contributed by atoms with Crippen molar-refractivity contribution < 1.29 is 18.9 Å². The highest BCUT2D eigenvalue weighted by Crippen LogP contribution is 2.39. The van der Waals surface area contributed by atoms with Crippen LogP contribution in [-0.4, -0.2) is 9.79 Å². The Morgan fingerprint density at radius 1 is 0.714 bits per heavy atom. The lowest BCUT2D eigenvalue weighted by Gasteiger charge is -2.11. The fourth-order valence-corrected chi connectivity index (χ4v) is 4.05. The molecule has 5 heteroatoms. The third-order valence-electron chi connectivity index (χ3n) is 5.24. The molecular weight excluding hydrogens is 371 g/mol. The van der Waals surface area contributed by atoms with Gasteiger partial charge in [-0.2, -0.15) is 0 Å². The lowest BCUT2D eigenvalue weighted by Crippen LogP contribution is -1.95. The number of aryl methyl sites for hydroxylation is 1. The molecule has 0 aliphatic carbocycles. The number of benzene rings is 1. The molecule has 0 spiro atoms. The smallest absolute Gasteiger partial charge is 0.404 e. The van der Waals surface area contributed by atoms with Crippen LogP contribution in [0.3, 0.4) is 0 Å². The number of rotatable bonds is 18. The van der Waals surface area contributed by atoms with Gasteiger partial charge in [0.2, 0.25) is 0 Å². The Bertz CT molecular complexity index is 541. The molecule has 0 aliphatic rings. The van der Waals surface area contributed by atoms with Crippen molar-refractivity contribution in [2.75, 3.05) is 0 Å². The third-order valence-corrected chi connectivity index (χ3v) is 5.67. The second-order valence-corrected chi connectivity index (χ2v) is 9.05. The van der Waals surface area contributed by atoms with Gasteiger partial charge in [-0.05, 0) is 24.5 Å². The summed E-state index contributed by atoms with van der Waals surface area (Å²) in [4.78, 5) is 18.0. The molecule has 1 rings (SSSR count). The van der Waals surface area contributed by atoms with Gasteiger partial charge in [-0.25, -0.2) is 4.57 Å². The van der Waals surface area contributed by atoms with Crippen molar-refractivity contribution in [1.82, 2.24) is 0 Å². The van der Waals surface area contributed by atoms with Crippen LogP contribution in [0.1, 0.15) is 109 Å². The van der Waals surface area contributed by atoms with Crippen molar-refractivity contribution in [3.05, 3.63) is 29.8 Å². The van der Waals surface area contributed by atoms with Crippen molar-refractivity contribution in [2.24, 2.45) is 0 Å². The highest BCUT2D eigenvalue weighted by Gasteiger charge is 2.17. The van der Waals surface area contributed by atoms with Gasteiger partial charge < -0.3 is 4.52 Å². The minimum absolute atomic E-state index is 0.307. The maximum atomic E-state index is 11.0. The van der Waals surface area contributed by atoms with Crippen LogP contribution in [0.2, 0.25) is 0 Å². The van der Waals surface area contributed by atoms with Crippen LogP contribution in [0.15, 0.2) is 24.3 Å². The third kappa shape index (κ3) is 14.2. The van der Waals surface area contributed by atoms with Gasteiger partial charge in [-0.3, -0.25) is 9.79 Å². The molecule has 162 valence electrons. The molecule has 0 fully saturated rings. The van der Waals surface area contributed by atoms with E-state index in [-0.39, 0.29) is 0 Å². The number of phosphoric ester groups is 1. The SMILES string of the molecule is CCCCCCCCCCCCCCCCCc1ccccc1OP(=O)(O)O. The molecule has 0 aliphatic heterocycles. The van der Waals surface area contributed by atoms with E-state index in [0.717, 1.165) is 24.8 Å². The summed E-state index contributed by atoms with van der Waals surface area (Å²) in [6.45, 7) is 2.27. The zero-order valence-corrected chi connectivity index (χ0v) is 18.7. The molecule has 28 heavy (non-hydrogen) atoms. The van der Waals surface area contributed by atoms with Crippen LogP contribution < -0.4 is 4.52 Å². The van der Waals surface area contributed by atoms with Gasteiger partial charge in [-0.1, -0.05) is 115 Å². The Kier molecular flexibility index (Phi) is 14.4. The average Bonchev–Trinajstić information content (AvgIpc) is 2.65. The van der Waals surface area contributed by atoms with Gasteiger partial charge in [0.05, 0.1) is 0 Å². The minimum atomic E-state index is -4.49. The summed E-state index contributed by atoms with van der Waals surface area (Å²) in [5.74, 6) is 0.307. The van der Waals surface area contributed by atoms with Gasteiger partial charge in [0.15, 0.2) is 0 Å². The van der Waals surface area contributed by atoms with Gasteiger partial charge in [0.1, 0.15) is 5.75 Å². The van der Waals surface area contributed by atoms with Crippen LogP contribution in [-0.2, 0) is 11.0 Å². The minimum Gasteiger partial charge on any atom is -0.404 e. The zero-order valence-electron chi connectivity index (χ0n) is 17.8. The lowest BCUT2D eigenvalue weighted by atomic mass is 10.0. The second kappa shape index (κ2) is 16.0. The van der Waals surface area contributed by atoms with Crippen molar-refractivity contribution >= 4 is 7.82 Å². The van der Waals surface area contributed by atoms with Gasteiger partial charge in [0.25, 0.3) is 0 Å². The van der Waals surface area contributed by atoms with E-state index in [2.05, 4.69) is 6.92 Å². The van der Waals surface area contributed by atoms with E-state index in [1.54, 1.807) is 12.1 Å². The van der Waals surface area contributed by atoms with Gasteiger partial charge >= 0.3 is 7.82 Å². The predicted octanol–water partition coefficient (Wildman–Crippen LogP) is 7.57. The molecule has 2 N–H and O–H groups in total. The van der Waals surface area contributed by atoms with Crippen molar-refractivity contribution in [2.45, 2.75) is 110 Å². The van der Waals surface area contributed by atoms with E-state index in [1.807, 2.05) is 12.1 Å². The molecule has 0 amide bonds. The summed E-state index contributed by atoms with van der Waals surface area (Å²) in [5, 5.41) is 0. The van der Waals surface area contributed by atoms with E-state index >= 15 is 0 Å². The number of para-hydroxylation sites is 1. The summed E-state index contributed by atoms with van der Waals surface area (Å²) in [7, 11) is -4.49. The average molecular weight is 413 g/mol. The quantitative estimate of drug-likeness (QED) is 0.193. The number of phosphoric acid groups is 1. The summed E-state index contributed by atoms with van der Waals surface area (Å²) >= 11 is 0. The number of unbranched alkanes of at least 4 members (excludes halogenated alkanes) is 14. The molecule has 1 aromatic rings. The van der Waals surface area contributed by atoms with E-state index in [4.69, 9.17) is 14.3 Å². The predicted molar refractivity (Wildman–Crippen MR) is 118 cm³/mol. The van der Waals surface area contributed by atoms with Crippen molar-refractivity contribution in [3.63, 3.8) is 0 Å². The Labute approximate surface area is 172 Å². The molecule has 0 aromatic heterocycles. The standard InChI is InChI=1S/C23H41O4P/c1-2-3-4-5-6-7-8-9-10-11-12-13-14-15-16-19-22-20-17-18-21-23(22)27-28(24,25)26/h17-18,20-21H,2-16,19H2,1H3,(H2,24,25,26). The molecule has 0 unspecified atom stereocenters. The van der Waals surface area contributed by atoms with Crippen molar-refractivity contribution in [3.8, 4) is 5.75 Å². The highest BCUT2D eigenvalue weighted by molar-refractivity contribution is 7.46. The summed E-state index contributed by atoms with van der Waals surface area (Å²) in [6.07, 6.45) is 20.8. The lowest BCUT2D eigenvalue weighted by molar-refractivity contribution is 0.282. The summed E-state index contributed by atoms with van der Waals surface area (Å²) in [6, 6.07) is 7.13. The van der Waals surface area contributed by atoms with Crippen LogP contribution >= 0.6 is 7.82 Å². The second-order valence-electron chi connectivity index (χ2n) is 7.89. The van der Waals surface area contributed by atoms with Crippen LogP contribution in [0, 0.1) is 0 Å². The molecule has 0 saturated heterocycles. The van der Waals surface area contributed by atoms with Crippen molar-refractivity contribution in [1.29, 1.82) is 0 Å². The highest BCUT2D eigenvalue weighted by atomic mass is 31.2. The zero-order chi connectivity index (χ0) is 20.5. The van der Waals surface area contributed by atoms with E-state index in [0.29, 0.717) is 5.75 Å². The first kappa shape index (κ1) is 25.2. The van der Waals surface area contributed by atoms with Crippen LogP contribution in [0.5, 0.6) is 5.75 Å². The first-order chi connectivity index (χ1) is 13.5. The van der Waals surface area contributed by atoms with Gasteiger partial charge in [0, 0.05) is 0 Å². The van der Waals surface area contributed by atoms with E-state index < -0.39 is 7.82 Å². The molecule has 1 aromatic carbocycles. The molecule has 0 bridgehead atoms. The first-order valence-electron chi connectivity index (χ1n) is 11.4. The van der Waals surface area contributed by atoms with Gasteiger partial charge in [-0.15, -0.1) is 0 Å². The van der Waals surface area contributed by atoms with E-state index in [1.165, 1.54) is 83.5 Å². The summed E-state index contributed by atoms with van der Waals surface area (Å²) in [5.41, 5.74) is 0.875. The number of hydrogen-bond acceptors (Lipinski definition) is 2. The molecule has 0 radical (unpaired) electrons. The topological polar surface area (TPSA) is 66.8 Å². The maximum Gasteiger partial charge on any atom is 0.524 e. The largest absolute Gasteiger partial charge is 0.524 e.